The molecule has 0 amide bonds. The van der Waals surface area contributed by atoms with Gasteiger partial charge < -0.3 is 0 Å². The first-order valence-corrected chi connectivity index (χ1v) is 13.3. The van der Waals surface area contributed by atoms with Gasteiger partial charge >= 0.3 is 0 Å². The standard InChI is InChI=1S/C7H14B.2C7H14.C4H8B3/c1-6-4-3-5-8-7(6)2;2*1-7-5-3-2-4-6-7;1-4-2-3-7(4)6-5/h6-7H,3-5H2,1-2H3;2*7H,2-6H2,1H3;4H,2-3H2,1H3. The van der Waals surface area contributed by atoms with Crippen LogP contribution in [0.25, 0.3) is 0 Å². The van der Waals surface area contributed by atoms with Gasteiger partial charge in [0.1, 0.15) is 7.28 Å². The Labute approximate surface area is 188 Å². The zero-order chi connectivity index (χ0) is 21.5. The molecule has 0 aromatic heterocycles. The van der Waals surface area contributed by atoms with Gasteiger partial charge in [-0.25, -0.2) is 0 Å². The third kappa shape index (κ3) is 13.3. The molecule has 29 heavy (non-hydrogen) atoms. The molecule has 0 spiro atoms. The second-order valence-corrected chi connectivity index (χ2v) is 10.9. The van der Waals surface area contributed by atoms with E-state index in [0.29, 0.717) is 0 Å². The fraction of sp³-hybridized carbons (Fsp3) is 1.00. The monoisotopic (exact) mass is 394 g/mol. The highest BCUT2D eigenvalue weighted by atomic mass is 14.1. The van der Waals surface area contributed by atoms with E-state index in [1.807, 2.05) is 7.06 Å². The molecule has 3 unspecified atom stereocenters. The highest BCUT2D eigenvalue weighted by Gasteiger charge is 2.26. The molecular weight excluding hydrogens is 344 g/mol. The summed E-state index contributed by atoms with van der Waals surface area (Å²) in [6.45, 7) is 12.4. The molecule has 2 aliphatic heterocycles. The van der Waals surface area contributed by atoms with Crippen molar-refractivity contribution in [3.63, 3.8) is 0 Å². The summed E-state index contributed by atoms with van der Waals surface area (Å²) >= 11 is 0. The normalized spacial score (nSPS) is 30.0. The molecule has 4 aliphatic rings. The molecule has 2 saturated heterocycles. The maximum atomic E-state index is 5.30. The molecule has 2 aliphatic carbocycles. The maximum absolute atomic E-state index is 5.30. The summed E-state index contributed by atoms with van der Waals surface area (Å²) in [7, 11) is 9.58. The third-order valence-electron chi connectivity index (χ3n) is 8.02. The first-order valence-electron chi connectivity index (χ1n) is 13.3. The number of rotatable bonds is 1. The van der Waals surface area contributed by atoms with Crippen LogP contribution in [0.4, 0.5) is 0 Å². The van der Waals surface area contributed by atoms with Crippen LogP contribution in [0.1, 0.15) is 118 Å². The van der Waals surface area contributed by atoms with Gasteiger partial charge in [-0.05, 0) is 17.8 Å². The van der Waals surface area contributed by atoms with E-state index in [0.717, 1.165) is 36.0 Å². The smallest absolute Gasteiger partial charge is 0.0819 e. The molecule has 162 valence electrons. The lowest BCUT2D eigenvalue weighted by Gasteiger charge is -2.30. The van der Waals surface area contributed by atoms with E-state index in [9.17, 15) is 0 Å². The van der Waals surface area contributed by atoms with Gasteiger partial charge in [-0.3, -0.25) is 0 Å². The van der Waals surface area contributed by atoms with Gasteiger partial charge in [0.05, 0.1) is 6.60 Å². The highest BCUT2D eigenvalue weighted by molar-refractivity contribution is 7.32. The first-order chi connectivity index (χ1) is 13.9. The van der Waals surface area contributed by atoms with E-state index < -0.39 is 0 Å². The molecule has 3 atom stereocenters. The van der Waals surface area contributed by atoms with Crippen LogP contribution in [0.15, 0.2) is 0 Å². The predicted octanol–water partition coefficient (Wildman–Crippen LogP) is 8.08. The lowest BCUT2D eigenvalue weighted by atomic mass is 9.04. The molecule has 2 heterocycles. The molecule has 0 aromatic rings. The van der Waals surface area contributed by atoms with Gasteiger partial charge in [-0.1, -0.05) is 142 Å². The Morgan fingerprint density at radius 2 is 1.21 bits per heavy atom. The summed E-state index contributed by atoms with van der Waals surface area (Å²) in [6.07, 6.45) is 21.8. The van der Waals surface area contributed by atoms with E-state index in [1.165, 1.54) is 96.1 Å². The van der Waals surface area contributed by atoms with Gasteiger partial charge in [0, 0.05) is 14.8 Å². The van der Waals surface area contributed by atoms with Crippen LogP contribution in [0, 0.1) is 17.8 Å². The van der Waals surface area contributed by atoms with Crippen molar-refractivity contribution in [2.75, 3.05) is 0 Å². The molecule has 4 heteroatoms. The SMILES string of the molecule is CC1CCCCC1.CC1CCCCC1.CC1[B]CCCC1C.[B][B]B1CCC1C. The molecule has 0 aromatic carbocycles. The van der Waals surface area contributed by atoms with Gasteiger partial charge in [0.15, 0.2) is 0 Å². The van der Waals surface area contributed by atoms with Crippen molar-refractivity contribution in [1.82, 2.24) is 0 Å². The molecule has 4 rings (SSSR count). The van der Waals surface area contributed by atoms with Crippen LogP contribution in [0.2, 0.25) is 24.3 Å². The van der Waals surface area contributed by atoms with Crippen LogP contribution < -0.4 is 0 Å². The minimum atomic E-state index is 0.736. The summed E-state index contributed by atoms with van der Waals surface area (Å²) in [5.41, 5.74) is 0. The zero-order valence-electron chi connectivity index (χ0n) is 20.8. The van der Waals surface area contributed by atoms with Crippen molar-refractivity contribution in [1.29, 1.82) is 0 Å². The van der Waals surface area contributed by atoms with Crippen molar-refractivity contribution < 1.29 is 0 Å². The fourth-order valence-electron chi connectivity index (χ4n) is 4.91. The Bertz CT molecular complexity index is 336. The second-order valence-electron chi connectivity index (χ2n) is 10.9. The summed E-state index contributed by atoms with van der Waals surface area (Å²) < 4.78 is 0. The van der Waals surface area contributed by atoms with Crippen LogP contribution in [-0.4, -0.2) is 28.7 Å². The van der Waals surface area contributed by atoms with Crippen molar-refractivity contribution in [3.05, 3.63) is 0 Å². The molecule has 0 nitrogen and oxygen atoms in total. The summed E-state index contributed by atoms with van der Waals surface area (Å²) in [4.78, 5) is 0. The molecule has 4 radical (unpaired) electrons. The Hall–Kier alpha value is 0.260. The van der Waals surface area contributed by atoms with Gasteiger partial charge in [0.25, 0.3) is 0 Å². The Morgan fingerprint density at radius 3 is 1.38 bits per heavy atom. The van der Waals surface area contributed by atoms with E-state index >= 15 is 0 Å². The summed E-state index contributed by atoms with van der Waals surface area (Å²) in [5.74, 6) is 4.76. The van der Waals surface area contributed by atoms with Crippen LogP contribution in [-0.2, 0) is 0 Å². The zero-order valence-corrected chi connectivity index (χ0v) is 20.8. The third-order valence-corrected chi connectivity index (χ3v) is 8.02. The molecule has 0 bridgehead atoms. The average Bonchev–Trinajstić information content (AvgIpc) is 2.72. The minimum absolute atomic E-state index is 0.736. The average molecular weight is 394 g/mol. The van der Waals surface area contributed by atoms with E-state index in [-0.39, 0.29) is 0 Å². The molecule has 0 N–H and O–H groups in total. The van der Waals surface area contributed by atoms with Crippen LogP contribution >= 0.6 is 0 Å². The van der Waals surface area contributed by atoms with E-state index in [4.69, 9.17) is 7.74 Å². The lowest BCUT2D eigenvalue weighted by molar-refractivity contribution is 0.385. The highest BCUT2D eigenvalue weighted by Crippen LogP contribution is 2.30. The molecule has 4 fully saturated rings. The number of hydrogen-bond donors (Lipinski definition) is 0. The minimum Gasteiger partial charge on any atom is -0.0819 e. The van der Waals surface area contributed by atoms with E-state index in [2.05, 4.69) is 41.9 Å². The molecular formula is C25H50B4. The lowest BCUT2D eigenvalue weighted by Crippen LogP contribution is -2.35. The summed E-state index contributed by atoms with van der Waals surface area (Å²) in [6, 6.07) is 0. The predicted molar refractivity (Wildman–Crippen MR) is 139 cm³/mol. The quantitative estimate of drug-likeness (QED) is 0.395. The Balaban J connectivity index is 0.000000194. The maximum Gasteiger partial charge on any atom is 0.113 e. The van der Waals surface area contributed by atoms with Crippen molar-refractivity contribution >= 4 is 28.7 Å². The van der Waals surface area contributed by atoms with Crippen molar-refractivity contribution in [2.24, 2.45) is 17.8 Å². The van der Waals surface area contributed by atoms with Gasteiger partial charge in [-0.2, -0.15) is 0 Å². The Kier molecular flexibility index (Phi) is 15.9. The van der Waals surface area contributed by atoms with Gasteiger partial charge in [-0.15, -0.1) is 0 Å². The topological polar surface area (TPSA) is 0 Å². The van der Waals surface area contributed by atoms with Crippen LogP contribution in [0.5, 0.6) is 0 Å². The number of hydrogen-bond acceptors (Lipinski definition) is 0. The van der Waals surface area contributed by atoms with Gasteiger partial charge in [0.2, 0.25) is 0 Å². The van der Waals surface area contributed by atoms with E-state index in [1.54, 1.807) is 0 Å². The van der Waals surface area contributed by atoms with Crippen LogP contribution in [0.3, 0.4) is 0 Å². The summed E-state index contributed by atoms with van der Waals surface area (Å²) in [5, 5.41) is 0. The second kappa shape index (κ2) is 16.9. The first kappa shape index (κ1) is 27.3. The van der Waals surface area contributed by atoms with Crippen molar-refractivity contribution in [3.8, 4) is 0 Å². The fourth-order valence-corrected chi connectivity index (χ4v) is 4.91. The largest absolute Gasteiger partial charge is 0.113 e. The van der Waals surface area contributed by atoms with Crippen molar-refractivity contribution in [2.45, 2.75) is 142 Å². The Morgan fingerprint density at radius 1 is 0.690 bits per heavy atom. The molecule has 2 saturated carbocycles.